The fourth-order valence-corrected chi connectivity index (χ4v) is 2.95. The Labute approximate surface area is 150 Å². The fraction of sp³-hybridized carbons (Fsp3) is 0.125. The highest BCUT2D eigenvalue weighted by molar-refractivity contribution is 8.00. The summed E-state index contributed by atoms with van der Waals surface area (Å²) in [5.41, 5.74) is 6.02. The zero-order chi connectivity index (χ0) is 16.7. The van der Waals surface area contributed by atoms with E-state index in [9.17, 15) is 4.79 Å². The van der Waals surface area contributed by atoms with E-state index in [1.54, 1.807) is 12.1 Å². The summed E-state index contributed by atoms with van der Waals surface area (Å²) in [4.78, 5) is 13.1. The first-order valence-corrected chi connectivity index (χ1v) is 8.55. The number of thioether (sulfide) groups is 1. The van der Waals surface area contributed by atoms with E-state index < -0.39 is 0 Å². The van der Waals surface area contributed by atoms with E-state index in [0.717, 1.165) is 10.6 Å². The number of amides is 1. The molecule has 3 N–H and O–H groups in total. The van der Waals surface area contributed by atoms with Crippen LogP contribution in [0.2, 0.25) is 5.02 Å². The zero-order valence-corrected chi connectivity index (χ0v) is 14.8. The molecule has 0 saturated carbocycles. The summed E-state index contributed by atoms with van der Waals surface area (Å²) in [6, 6.07) is 16.9. The Balaban J connectivity index is 1.78. The Bertz CT molecular complexity index is 682. The topological polar surface area (TPSA) is 53.2 Å². The monoisotopic (exact) mass is 365 g/mol. The molecule has 0 bridgehead atoms. The van der Waals surface area contributed by atoms with Gasteiger partial charge in [-0.25, -0.2) is 0 Å². The molecule has 7 heteroatoms. The zero-order valence-electron chi connectivity index (χ0n) is 12.4. The fourth-order valence-electron chi connectivity index (χ4n) is 1.71. The first kappa shape index (κ1) is 17.6. The van der Waals surface area contributed by atoms with Gasteiger partial charge in [-0.3, -0.25) is 15.6 Å². The number of halogens is 1. The summed E-state index contributed by atoms with van der Waals surface area (Å²) in [6.45, 7) is 1.84. The standard InChI is InChI=1S/C16H16ClN3OS2/c1-11(23-14-8-3-2-4-9-14)15(21)19-20-16(22)18-13-7-5-6-12(17)10-13/h2-11H,1H3,(H,19,21)(H2,18,20,22)/t11-/m0/s1. The van der Waals surface area contributed by atoms with Crippen molar-refractivity contribution in [3.8, 4) is 0 Å². The number of carbonyl (C=O) groups excluding carboxylic acids is 1. The predicted molar refractivity (Wildman–Crippen MR) is 101 cm³/mol. The molecule has 4 nitrogen and oxygen atoms in total. The number of rotatable bonds is 4. The highest BCUT2D eigenvalue weighted by Gasteiger charge is 2.14. The Morgan fingerprint density at radius 2 is 1.87 bits per heavy atom. The molecule has 0 heterocycles. The quantitative estimate of drug-likeness (QED) is 0.436. The van der Waals surface area contributed by atoms with E-state index in [-0.39, 0.29) is 16.3 Å². The Kier molecular flexibility index (Phi) is 6.70. The number of thiocarbonyl (C=S) groups is 1. The number of hydrogen-bond donors (Lipinski definition) is 3. The lowest BCUT2D eigenvalue weighted by Gasteiger charge is -2.15. The van der Waals surface area contributed by atoms with Crippen LogP contribution < -0.4 is 16.2 Å². The van der Waals surface area contributed by atoms with Crippen molar-refractivity contribution >= 4 is 52.3 Å². The molecule has 0 radical (unpaired) electrons. The van der Waals surface area contributed by atoms with E-state index in [4.69, 9.17) is 23.8 Å². The van der Waals surface area contributed by atoms with Crippen molar-refractivity contribution in [2.24, 2.45) is 0 Å². The van der Waals surface area contributed by atoms with Crippen molar-refractivity contribution in [1.82, 2.24) is 10.9 Å². The number of hydrogen-bond acceptors (Lipinski definition) is 3. The maximum Gasteiger partial charge on any atom is 0.251 e. The lowest BCUT2D eigenvalue weighted by molar-refractivity contribution is -0.120. The largest absolute Gasteiger partial charge is 0.331 e. The van der Waals surface area contributed by atoms with E-state index >= 15 is 0 Å². The van der Waals surface area contributed by atoms with Crippen molar-refractivity contribution in [2.45, 2.75) is 17.1 Å². The lowest BCUT2D eigenvalue weighted by Crippen LogP contribution is -2.46. The van der Waals surface area contributed by atoms with Crippen LogP contribution in [0.25, 0.3) is 0 Å². The second-order valence-corrected chi connectivity index (χ2v) is 6.91. The molecule has 1 amide bonds. The average Bonchev–Trinajstić information content (AvgIpc) is 2.53. The van der Waals surface area contributed by atoms with Crippen molar-refractivity contribution < 1.29 is 4.79 Å². The van der Waals surface area contributed by atoms with Crippen LogP contribution in [0.3, 0.4) is 0 Å². The van der Waals surface area contributed by atoms with Gasteiger partial charge in [-0.15, -0.1) is 11.8 Å². The van der Waals surface area contributed by atoms with Gasteiger partial charge >= 0.3 is 0 Å². The summed E-state index contributed by atoms with van der Waals surface area (Å²) in [5, 5.41) is 3.59. The SMILES string of the molecule is C[C@H](Sc1ccccc1)C(=O)NNC(=S)Nc1cccc(Cl)c1. The summed E-state index contributed by atoms with van der Waals surface area (Å²) >= 11 is 12.5. The third kappa shape index (κ3) is 6.09. The second-order valence-electron chi connectivity index (χ2n) is 4.65. The number of benzene rings is 2. The molecule has 0 spiro atoms. The van der Waals surface area contributed by atoms with Gasteiger partial charge in [-0.1, -0.05) is 35.9 Å². The maximum absolute atomic E-state index is 12.1. The lowest BCUT2D eigenvalue weighted by atomic mass is 10.3. The van der Waals surface area contributed by atoms with Crippen molar-refractivity contribution in [1.29, 1.82) is 0 Å². The first-order valence-electron chi connectivity index (χ1n) is 6.89. The maximum atomic E-state index is 12.1. The van der Waals surface area contributed by atoms with Crippen LogP contribution in [0.1, 0.15) is 6.92 Å². The minimum atomic E-state index is -0.251. The van der Waals surface area contributed by atoms with Crippen LogP contribution in [0, 0.1) is 0 Å². The third-order valence-corrected chi connectivity index (χ3v) is 4.36. The predicted octanol–water partition coefficient (Wildman–Crippen LogP) is 3.84. The van der Waals surface area contributed by atoms with Crippen LogP contribution in [0.4, 0.5) is 5.69 Å². The van der Waals surface area contributed by atoms with Crippen molar-refractivity contribution in [3.63, 3.8) is 0 Å². The van der Waals surface area contributed by atoms with Gasteiger partial charge in [0.1, 0.15) is 0 Å². The second kappa shape index (κ2) is 8.76. The van der Waals surface area contributed by atoms with Crippen LogP contribution in [-0.4, -0.2) is 16.3 Å². The molecule has 0 unspecified atom stereocenters. The average molecular weight is 366 g/mol. The van der Waals surface area contributed by atoms with Crippen LogP contribution in [-0.2, 0) is 4.79 Å². The molecule has 23 heavy (non-hydrogen) atoms. The van der Waals surface area contributed by atoms with Gasteiger partial charge in [-0.2, -0.15) is 0 Å². The summed E-state index contributed by atoms with van der Waals surface area (Å²) in [7, 11) is 0. The molecule has 120 valence electrons. The van der Waals surface area contributed by atoms with Crippen LogP contribution >= 0.6 is 35.6 Å². The van der Waals surface area contributed by atoms with Gasteiger partial charge < -0.3 is 5.32 Å². The molecule has 2 aromatic rings. The molecular formula is C16H16ClN3OS2. The molecule has 0 aromatic heterocycles. The van der Waals surface area contributed by atoms with Gasteiger partial charge in [0.2, 0.25) is 0 Å². The Morgan fingerprint density at radius 3 is 2.57 bits per heavy atom. The Morgan fingerprint density at radius 1 is 1.13 bits per heavy atom. The first-order chi connectivity index (χ1) is 11.0. The molecule has 1 atom stereocenters. The smallest absolute Gasteiger partial charge is 0.251 e. The summed E-state index contributed by atoms with van der Waals surface area (Å²) in [5.74, 6) is -0.158. The molecule has 0 aliphatic rings. The molecule has 0 aliphatic heterocycles. The van der Waals surface area contributed by atoms with E-state index in [0.29, 0.717) is 5.02 Å². The minimum Gasteiger partial charge on any atom is -0.331 e. The molecule has 0 aliphatic carbocycles. The van der Waals surface area contributed by atoms with Crippen molar-refractivity contribution in [3.05, 3.63) is 59.6 Å². The van der Waals surface area contributed by atoms with Gasteiger partial charge in [0, 0.05) is 15.6 Å². The van der Waals surface area contributed by atoms with Gasteiger partial charge in [-0.05, 0) is 49.5 Å². The number of anilines is 1. The van der Waals surface area contributed by atoms with Crippen LogP contribution in [0.5, 0.6) is 0 Å². The third-order valence-electron chi connectivity index (χ3n) is 2.81. The highest BCUT2D eigenvalue weighted by Crippen LogP contribution is 2.22. The number of nitrogens with one attached hydrogen (secondary N) is 3. The molecule has 2 rings (SSSR count). The molecule has 2 aromatic carbocycles. The minimum absolute atomic E-state index is 0.158. The van der Waals surface area contributed by atoms with Crippen molar-refractivity contribution in [2.75, 3.05) is 5.32 Å². The van der Waals surface area contributed by atoms with E-state index in [2.05, 4.69) is 16.2 Å². The molecule has 0 saturated heterocycles. The summed E-state index contributed by atoms with van der Waals surface area (Å²) < 4.78 is 0. The Hall–Kier alpha value is -1.76. The van der Waals surface area contributed by atoms with Gasteiger partial charge in [0.05, 0.1) is 5.25 Å². The van der Waals surface area contributed by atoms with Crippen LogP contribution in [0.15, 0.2) is 59.5 Å². The normalized spacial score (nSPS) is 11.4. The highest BCUT2D eigenvalue weighted by atomic mass is 35.5. The summed E-state index contributed by atoms with van der Waals surface area (Å²) in [6.07, 6.45) is 0. The molecule has 0 fully saturated rings. The van der Waals surface area contributed by atoms with Gasteiger partial charge in [0.15, 0.2) is 5.11 Å². The van der Waals surface area contributed by atoms with E-state index in [1.165, 1.54) is 11.8 Å². The van der Waals surface area contributed by atoms with Gasteiger partial charge in [0.25, 0.3) is 5.91 Å². The molecular weight excluding hydrogens is 350 g/mol. The number of carbonyl (C=O) groups is 1. The number of hydrazine groups is 1. The van der Waals surface area contributed by atoms with E-state index in [1.807, 2.05) is 49.4 Å².